The Morgan fingerprint density at radius 3 is 2.62 bits per heavy atom. The van der Waals surface area contributed by atoms with E-state index in [1.807, 2.05) is 66.8 Å². The number of likely N-dealkylation sites (tertiary alicyclic amines) is 1. The van der Waals surface area contributed by atoms with Crippen molar-refractivity contribution in [1.29, 1.82) is 0 Å². The molecule has 2 atom stereocenters. The normalized spacial score (nSPS) is 23.2. The largest absolute Gasteiger partial charge is 0.492 e. The molecule has 0 saturated carbocycles. The number of para-hydroxylation sites is 1. The second-order valence-electron chi connectivity index (χ2n) is 9.02. The van der Waals surface area contributed by atoms with Gasteiger partial charge >= 0.3 is 5.97 Å². The summed E-state index contributed by atoms with van der Waals surface area (Å²) >= 11 is 1.53. The van der Waals surface area contributed by atoms with E-state index in [0.717, 1.165) is 54.2 Å². The molecule has 34 heavy (non-hydrogen) atoms. The number of ether oxygens (including phenoxy) is 3. The predicted octanol–water partition coefficient (Wildman–Crippen LogP) is 5.22. The molecule has 2 unspecified atom stereocenters. The first-order valence-electron chi connectivity index (χ1n) is 11.8. The Balaban J connectivity index is 0.979. The lowest BCUT2D eigenvalue weighted by molar-refractivity contribution is -0.154. The Labute approximate surface area is 202 Å². The maximum atomic E-state index is 12.3. The lowest BCUT2D eigenvalue weighted by Gasteiger charge is -2.41. The van der Waals surface area contributed by atoms with Crippen LogP contribution < -0.4 is 9.47 Å². The number of fused-ring (bicyclic) bond motifs is 3. The van der Waals surface area contributed by atoms with Crippen molar-refractivity contribution in [2.75, 3.05) is 26.2 Å². The second kappa shape index (κ2) is 8.89. The van der Waals surface area contributed by atoms with Gasteiger partial charge in [-0.05, 0) is 36.4 Å². The monoisotopic (exact) mass is 474 g/mol. The van der Waals surface area contributed by atoms with Gasteiger partial charge in [-0.2, -0.15) is 0 Å². The molecule has 6 nitrogen and oxygen atoms in total. The van der Waals surface area contributed by atoms with E-state index in [9.17, 15) is 4.79 Å². The van der Waals surface area contributed by atoms with Crippen LogP contribution in [0.1, 0.15) is 12.8 Å². The molecule has 2 saturated heterocycles. The van der Waals surface area contributed by atoms with E-state index in [0.29, 0.717) is 11.8 Å². The van der Waals surface area contributed by atoms with Crippen LogP contribution in [0.25, 0.3) is 10.2 Å². The van der Waals surface area contributed by atoms with Gasteiger partial charge in [-0.3, -0.25) is 9.69 Å². The van der Waals surface area contributed by atoms with Crippen molar-refractivity contribution in [2.45, 2.75) is 18.4 Å². The number of thiazole rings is 1. The fourth-order valence-electron chi connectivity index (χ4n) is 5.15. The Bertz CT molecular complexity index is 1210. The van der Waals surface area contributed by atoms with E-state index >= 15 is 0 Å². The summed E-state index contributed by atoms with van der Waals surface area (Å²) in [6.07, 6.45) is 9.87. The lowest BCUT2D eigenvalue weighted by Crippen LogP contribution is -2.48. The quantitative estimate of drug-likeness (QED) is 0.457. The van der Waals surface area contributed by atoms with Crippen LogP contribution in [-0.2, 0) is 9.53 Å². The molecule has 2 aliphatic heterocycles. The number of esters is 1. The first-order chi connectivity index (χ1) is 16.7. The molecule has 0 N–H and O–H groups in total. The van der Waals surface area contributed by atoms with E-state index < -0.39 is 0 Å². The molecule has 7 heteroatoms. The van der Waals surface area contributed by atoms with Crippen molar-refractivity contribution >= 4 is 27.5 Å². The van der Waals surface area contributed by atoms with Crippen LogP contribution in [0.2, 0.25) is 0 Å². The average molecular weight is 475 g/mol. The smallest absolute Gasteiger partial charge is 0.314 e. The lowest BCUT2D eigenvalue weighted by atomic mass is 9.74. The van der Waals surface area contributed by atoms with Crippen LogP contribution >= 0.6 is 11.3 Å². The Morgan fingerprint density at radius 2 is 1.79 bits per heavy atom. The summed E-state index contributed by atoms with van der Waals surface area (Å²) in [5, 5.41) is 0.636. The summed E-state index contributed by atoms with van der Waals surface area (Å²) in [4.78, 5) is 19.2. The minimum atomic E-state index is -0.334. The molecule has 1 spiro atoms. The van der Waals surface area contributed by atoms with Gasteiger partial charge in [0, 0.05) is 38.4 Å². The third-order valence-electron chi connectivity index (χ3n) is 7.00. The van der Waals surface area contributed by atoms with Crippen LogP contribution in [0.15, 0.2) is 72.8 Å². The van der Waals surface area contributed by atoms with Crippen LogP contribution in [0, 0.1) is 11.8 Å². The number of hydrogen-bond acceptors (Lipinski definition) is 7. The minimum absolute atomic E-state index is 0.0713. The second-order valence-corrected chi connectivity index (χ2v) is 10.0. The van der Waals surface area contributed by atoms with Crippen LogP contribution in [-0.4, -0.2) is 47.7 Å². The van der Waals surface area contributed by atoms with Crippen molar-refractivity contribution in [3.8, 4) is 16.7 Å². The third kappa shape index (κ3) is 4.10. The highest BCUT2D eigenvalue weighted by Crippen LogP contribution is 2.46. The molecule has 6 rings (SSSR count). The summed E-state index contributed by atoms with van der Waals surface area (Å²) in [6, 6.07) is 15.7. The molecule has 2 aromatic carbocycles. The zero-order valence-corrected chi connectivity index (χ0v) is 19.6. The number of hydrogen-bond donors (Lipinski definition) is 0. The number of benzene rings is 2. The van der Waals surface area contributed by atoms with Gasteiger partial charge in [-0.25, -0.2) is 4.98 Å². The predicted molar refractivity (Wildman–Crippen MR) is 131 cm³/mol. The van der Waals surface area contributed by atoms with E-state index in [-0.39, 0.29) is 23.4 Å². The molecule has 0 bridgehead atoms. The fraction of sp³-hybridized carbons (Fsp3) is 0.333. The zero-order chi connectivity index (χ0) is 23.0. The van der Waals surface area contributed by atoms with Gasteiger partial charge in [0.25, 0.3) is 5.19 Å². The maximum absolute atomic E-state index is 12.3. The topological polar surface area (TPSA) is 60.9 Å². The van der Waals surface area contributed by atoms with Crippen molar-refractivity contribution in [2.24, 2.45) is 11.8 Å². The Hall–Kier alpha value is -3.16. The number of carbonyl (C=O) groups excluding carboxylic acids is 1. The molecule has 0 radical (unpaired) electrons. The van der Waals surface area contributed by atoms with Gasteiger partial charge in [-0.15, -0.1) is 0 Å². The van der Waals surface area contributed by atoms with Crippen LogP contribution in [0.5, 0.6) is 16.7 Å². The fourth-order valence-corrected chi connectivity index (χ4v) is 5.99. The first-order valence-corrected chi connectivity index (χ1v) is 12.6. The number of rotatable bonds is 6. The average Bonchev–Trinajstić information content (AvgIpc) is 3.40. The maximum Gasteiger partial charge on any atom is 0.314 e. The summed E-state index contributed by atoms with van der Waals surface area (Å²) < 4.78 is 18.9. The van der Waals surface area contributed by atoms with Gasteiger partial charge in [0.05, 0.1) is 16.1 Å². The van der Waals surface area contributed by atoms with Gasteiger partial charge < -0.3 is 14.2 Å². The third-order valence-corrected chi connectivity index (χ3v) is 7.91. The van der Waals surface area contributed by atoms with Gasteiger partial charge in [0.1, 0.15) is 23.7 Å². The van der Waals surface area contributed by atoms with Crippen molar-refractivity contribution in [3.63, 3.8) is 0 Å². The molecular weight excluding hydrogens is 448 g/mol. The van der Waals surface area contributed by atoms with Gasteiger partial charge in [0.2, 0.25) is 0 Å². The van der Waals surface area contributed by atoms with E-state index in [1.165, 1.54) is 11.3 Å². The zero-order valence-electron chi connectivity index (χ0n) is 18.8. The summed E-state index contributed by atoms with van der Waals surface area (Å²) in [7, 11) is 0. The van der Waals surface area contributed by atoms with Crippen molar-refractivity contribution in [1.82, 2.24) is 9.88 Å². The number of aromatic nitrogens is 1. The van der Waals surface area contributed by atoms with Gasteiger partial charge in [-0.1, -0.05) is 47.8 Å². The highest BCUT2D eigenvalue weighted by molar-refractivity contribution is 7.20. The highest BCUT2D eigenvalue weighted by atomic mass is 32.1. The van der Waals surface area contributed by atoms with Crippen molar-refractivity contribution < 1.29 is 19.0 Å². The molecular formula is C27H26N2O4S. The Kier molecular flexibility index (Phi) is 5.59. The molecule has 3 aromatic rings. The standard InChI is InChI=1S/C27H26N2O4S/c30-25-21-5-1-2-6-22(21)27(33-25)13-15-29(16-14-27)17-18-31-19-9-11-20(12-10-19)32-26-28-23-7-3-4-8-24(23)34-26/h1-12,21-22H,13-18H2. The molecule has 174 valence electrons. The van der Waals surface area contributed by atoms with E-state index in [4.69, 9.17) is 14.2 Å². The number of nitrogens with zero attached hydrogens (tertiary/aromatic N) is 2. The summed E-state index contributed by atoms with van der Waals surface area (Å²) in [5.41, 5.74) is 0.614. The molecule has 0 amide bonds. The molecule has 3 heterocycles. The van der Waals surface area contributed by atoms with Crippen LogP contribution in [0.3, 0.4) is 0 Å². The summed E-state index contributed by atoms with van der Waals surface area (Å²) in [5.74, 6) is 1.55. The van der Waals surface area contributed by atoms with Gasteiger partial charge in [0.15, 0.2) is 0 Å². The molecule has 1 aromatic heterocycles. The first kappa shape index (κ1) is 21.4. The van der Waals surface area contributed by atoms with E-state index in [2.05, 4.69) is 16.0 Å². The van der Waals surface area contributed by atoms with Crippen LogP contribution in [0.4, 0.5) is 0 Å². The number of carbonyl (C=O) groups is 1. The summed E-state index contributed by atoms with van der Waals surface area (Å²) in [6.45, 7) is 3.27. The number of allylic oxidation sites excluding steroid dienone is 2. The van der Waals surface area contributed by atoms with Crippen molar-refractivity contribution in [3.05, 3.63) is 72.8 Å². The molecule has 3 aliphatic rings. The molecule has 1 aliphatic carbocycles. The Morgan fingerprint density at radius 1 is 1.03 bits per heavy atom. The minimum Gasteiger partial charge on any atom is -0.492 e. The van der Waals surface area contributed by atoms with E-state index in [1.54, 1.807) is 0 Å². The highest BCUT2D eigenvalue weighted by Gasteiger charge is 2.54. The number of piperidine rings is 1. The SMILES string of the molecule is O=C1OC2(CCN(CCOc3ccc(Oc4nc5ccccc5s4)cc3)CC2)C2C=CC=CC12. The molecule has 2 fully saturated rings.